The molecule has 3 heteroatoms. The highest BCUT2D eigenvalue weighted by atomic mass is 16.5. The average Bonchev–Trinajstić information content (AvgIpc) is 2.57. The zero-order chi connectivity index (χ0) is 18.4. The molecule has 0 aliphatic carbocycles. The number of ether oxygens (including phenoxy) is 1. The number of hydrogen-bond acceptors (Lipinski definition) is 2. The van der Waals surface area contributed by atoms with E-state index < -0.39 is 6.10 Å². The molecule has 0 aromatic heterocycles. The summed E-state index contributed by atoms with van der Waals surface area (Å²) < 4.78 is 5.89. The minimum atomic E-state index is -0.542. The summed E-state index contributed by atoms with van der Waals surface area (Å²) in [6, 6.07) is 16.1. The van der Waals surface area contributed by atoms with Crippen molar-refractivity contribution >= 4 is 5.91 Å². The molecule has 0 fully saturated rings. The van der Waals surface area contributed by atoms with Gasteiger partial charge in [0.2, 0.25) is 0 Å². The first kappa shape index (κ1) is 19.0. The second kappa shape index (κ2) is 8.70. The molecule has 25 heavy (non-hydrogen) atoms. The van der Waals surface area contributed by atoms with Gasteiger partial charge in [0.25, 0.3) is 5.91 Å². The Morgan fingerprint density at radius 2 is 1.72 bits per heavy atom. The number of carbonyl (C=O) groups excluding carboxylic acids is 1. The third-order valence-corrected chi connectivity index (χ3v) is 4.23. The number of benzene rings is 2. The van der Waals surface area contributed by atoms with Gasteiger partial charge in [0.15, 0.2) is 6.10 Å². The summed E-state index contributed by atoms with van der Waals surface area (Å²) in [5.74, 6) is 1.16. The van der Waals surface area contributed by atoms with Crippen LogP contribution in [-0.4, -0.2) is 12.0 Å². The summed E-state index contributed by atoms with van der Waals surface area (Å²) in [5, 5.41) is 3.15. The van der Waals surface area contributed by atoms with E-state index in [4.69, 9.17) is 4.74 Å². The third kappa shape index (κ3) is 5.63. The number of amides is 1. The fourth-order valence-corrected chi connectivity index (χ4v) is 2.90. The number of aryl methyl sites for hydroxylation is 2. The maximum atomic E-state index is 12.7. The zero-order valence-corrected chi connectivity index (χ0v) is 15.9. The SMILES string of the molecule is Cc1ccc(O[C@H](C)C(=O)N[C@@H](CC(C)C)c2ccccc2)c(C)c1. The molecule has 1 amide bonds. The Labute approximate surface area is 151 Å². The van der Waals surface area contributed by atoms with Gasteiger partial charge in [-0.05, 0) is 50.3 Å². The normalized spacial score (nSPS) is 13.4. The van der Waals surface area contributed by atoms with Gasteiger partial charge in [0, 0.05) is 0 Å². The largest absolute Gasteiger partial charge is 0.481 e. The summed E-state index contributed by atoms with van der Waals surface area (Å²) in [6.45, 7) is 10.2. The van der Waals surface area contributed by atoms with E-state index in [2.05, 4.69) is 37.4 Å². The van der Waals surface area contributed by atoms with Crippen LogP contribution >= 0.6 is 0 Å². The number of hydrogen-bond donors (Lipinski definition) is 1. The summed E-state index contributed by atoms with van der Waals surface area (Å²) in [7, 11) is 0. The van der Waals surface area contributed by atoms with E-state index in [0.717, 1.165) is 23.3 Å². The van der Waals surface area contributed by atoms with Crippen LogP contribution in [0.15, 0.2) is 48.5 Å². The molecule has 0 saturated carbocycles. The molecule has 0 aliphatic rings. The summed E-state index contributed by atoms with van der Waals surface area (Å²) >= 11 is 0. The summed E-state index contributed by atoms with van der Waals surface area (Å²) in [5.41, 5.74) is 3.35. The maximum Gasteiger partial charge on any atom is 0.261 e. The molecule has 0 spiro atoms. The van der Waals surface area contributed by atoms with Gasteiger partial charge in [-0.1, -0.05) is 61.9 Å². The fraction of sp³-hybridized carbons (Fsp3) is 0.409. The molecule has 0 heterocycles. The summed E-state index contributed by atoms with van der Waals surface area (Å²) in [4.78, 5) is 12.7. The molecule has 0 aliphatic heterocycles. The van der Waals surface area contributed by atoms with E-state index in [0.29, 0.717) is 5.92 Å². The van der Waals surface area contributed by atoms with Gasteiger partial charge in [-0.25, -0.2) is 0 Å². The molecule has 134 valence electrons. The second-order valence-electron chi connectivity index (χ2n) is 7.13. The van der Waals surface area contributed by atoms with Crippen molar-refractivity contribution in [3.05, 3.63) is 65.2 Å². The molecule has 0 radical (unpaired) electrons. The van der Waals surface area contributed by atoms with Crippen molar-refractivity contribution in [3.8, 4) is 5.75 Å². The number of nitrogens with one attached hydrogen (secondary N) is 1. The van der Waals surface area contributed by atoms with Gasteiger partial charge in [-0.2, -0.15) is 0 Å². The molecule has 3 nitrogen and oxygen atoms in total. The van der Waals surface area contributed by atoms with Crippen molar-refractivity contribution in [3.63, 3.8) is 0 Å². The van der Waals surface area contributed by atoms with Crippen molar-refractivity contribution in [2.75, 3.05) is 0 Å². The lowest BCUT2D eigenvalue weighted by atomic mass is 9.97. The van der Waals surface area contributed by atoms with Gasteiger partial charge in [0.05, 0.1) is 6.04 Å². The molecule has 0 saturated heterocycles. The van der Waals surface area contributed by atoms with E-state index in [9.17, 15) is 4.79 Å². The van der Waals surface area contributed by atoms with E-state index in [1.807, 2.05) is 44.2 Å². The smallest absolute Gasteiger partial charge is 0.261 e. The predicted molar refractivity (Wildman–Crippen MR) is 103 cm³/mol. The van der Waals surface area contributed by atoms with Crippen molar-refractivity contribution in [2.24, 2.45) is 5.92 Å². The van der Waals surface area contributed by atoms with E-state index in [1.54, 1.807) is 6.92 Å². The van der Waals surface area contributed by atoms with Gasteiger partial charge in [-0.3, -0.25) is 4.79 Å². The van der Waals surface area contributed by atoms with Crippen LogP contribution in [0.25, 0.3) is 0 Å². The first-order valence-electron chi connectivity index (χ1n) is 8.96. The standard InChI is InChI=1S/C22H29NO2/c1-15(2)13-20(19-9-7-6-8-10-19)23-22(24)18(5)25-21-12-11-16(3)14-17(21)4/h6-12,14-15,18,20H,13H2,1-5H3,(H,23,24)/t18-,20+/m1/s1. The molecule has 0 unspecified atom stereocenters. The average molecular weight is 339 g/mol. The lowest BCUT2D eigenvalue weighted by molar-refractivity contribution is -0.128. The van der Waals surface area contributed by atoms with E-state index in [-0.39, 0.29) is 11.9 Å². The molecular formula is C22H29NO2. The van der Waals surface area contributed by atoms with Crippen LogP contribution in [0.4, 0.5) is 0 Å². The van der Waals surface area contributed by atoms with E-state index in [1.165, 1.54) is 5.56 Å². The Balaban J connectivity index is 2.06. The fourth-order valence-electron chi connectivity index (χ4n) is 2.90. The Bertz CT molecular complexity index is 694. The van der Waals surface area contributed by atoms with Crippen LogP contribution in [0.3, 0.4) is 0 Å². The first-order valence-corrected chi connectivity index (χ1v) is 8.96. The van der Waals surface area contributed by atoms with Crippen molar-refractivity contribution in [1.29, 1.82) is 0 Å². The van der Waals surface area contributed by atoms with Crippen LogP contribution in [0.2, 0.25) is 0 Å². The lowest BCUT2D eigenvalue weighted by Crippen LogP contribution is -2.39. The van der Waals surface area contributed by atoms with Crippen molar-refractivity contribution in [2.45, 2.75) is 53.2 Å². The maximum absolute atomic E-state index is 12.7. The van der Waals surface area contributed by atoms with Crippen LogP contribution in [0.1, 0.15) is 49.9 Å². The number of rotatable bonds is 7. The third-order valence-electron chi connectivity index (χ3n) is 4.23. The number of carbonyl (C=O) groups is 1. The minimum Gasteiger partial charge on any atom is -0.481 e. The first-order chi connectivity index (χ1) is 11.9. The Hall–Kier alpha value is -2.29. The molecule has 2 rings (SSSR count). The highest BCUT2D eigenvalue weighted by molar-refractivity contribution is 5.81. The molecule has 2 aromatic rings. The van der Waals surface area contributed by atoms with E-state index >= 15 is 0 Å². The van der Waals surface area contributed by atoms with Gasteiger partial charge in [-0.15, -0.1) is 0 Å². The van der Waals surface area contributed by atoms with Crippen LogP contribution < -0.4 is 10.1 Å². The highest BCUT2D eigenvalue weighted by Gasteiger charge is 2.21. The summed E-state index contributed by atoms with van der Waals surface area (Å²) in [6.07, 6.45) is 0.353. The lowest BCUT2D eigenvalue weighted by Gasteiger charge is -2.24. The molecule has 2 aromatic carbocycles. The van der Waals surface area contributed by atoms with Gasteiger partial charge in [0.1, 0.15) is 5.75 Å². The molecule has 2 atom stereocenters. The minimum absolute atomic E-state index is 0.00105. The second-order valence-corrected chi connectivity index (χ2v) is 7.13. The molecular weight excluding hydrogens is 310 g/mol. The Morgan fingerprint density at radius 1 is 1.04 bits per heavy atom. The Morgan fingerprint density at radius 3 is 2.32 bits per heavy atom. The molecule has 0 bridgehead atoms. The topological polar surface area (TPSA) is 38.3 Å². The van der Waals surface area contributed by atoms with Crippen molar-refractivity contribution in [1.82, 2.24) is 5.32 Å². The highest BCUT2D eigenvalue weighted by Crippen LogP contribution is 2.23. The van der Waals surface area contributed by atoms with Crippen LogP contribution in [0.5, 0.6) is 5.75 Å². The van der Waals surface area contributed by atoms with Gasteiger partial charge >= 0.3 is 0 Å². The van der Waals surface area contributed by atoms with Gasteiger partial charge < -0.3 is 10.1 Å². The van der Waals surface area contributed by atoms with Crippen molar-refractivity contribution < 1.29 is 9.53 Å². The monoisotopic (exact) mass is 339 g/mol. The molecule has 1 N–H and O–H groups in total. The van der Waals surface area contributed by atoms with Crippen LogP contribution in [-0.2, 0) is 4.79 Å². The zero-order valence-electron chi connectivity index (χ0n) is 15.9. The predicted octanol–water partition coefficient (Wildman–Crippen LogP) is 4.97. The van der Waals surface area contributed by atoms with Crippen LogP contribution in [0, 0.1) is 19.8 Å². The quantitative estimate of drug-likeness (QED) is 0.773. The Kier molecular flexibility index (Phi) is 6.63.